The van der Waals surface area contributed by atoms with Crippen molar-refractivity contribution in [2.24, 2.45) is 0 Å². The van der Waals surface area contributed by atoms with Crippen LogP contribution in [0.25, 0.3) is 0 Å². The normalized spacial score (nSPS) is 8.36. The van der Waals surface area contributed by atoms with Crippen molar-refractivity contribution in [2.45, 2.75) is 6.42 Å². The average Bonchev–Trinajstić information content (AvgIpc) is 2.21. The van der Waals surface area contributed by atoms with Crippen molar-refractivity contribution in [1.29, 1.82) is 0 Å². The van der Waals surface area contributed by atoms with Gasteiger partial charge in [-0.2, -0.15) is 0 Å². The molecule has 1 aromatic carbocycles. The van der Waals surface area contributed by atoms with Crippen molar-refractivity contribution in [3.63, 3.8) is 0 Å². The Morgan fingerprint density at radius 2 is 1.93 bits per heavy atom. The van der Waals surface area contributed by atoms with E-state index in [9.17, 15) is 14.9 Å². The number of carbonyl (C=O) groups excluding carboxylic acids is 1. The molecule has 0 amide bonds. The summed E-state index contributed by atoms with van der Waals surface area (Å²) in [4.78, 5) is 18.8. The highest BCUT2D eigenvalue weighted by molar-refractivity contribution is 5.49. The summed E-state index contributed by atoms with van der Waals surface area (Å²) in [6, 6.07) is 7.93. The average molecular weight is 197 g/mol. The molecule has 0 atom stereocenters. The third-order valence-electron chi connectivity index (χ3n) is 1.21. The highest BCUT2D eigenvalue weighted by atomic mass is 16.6. The number of aldehydes is 1. The summed E-state index contributed by atoms with van der Waals surface area (Å²) in [5.74, 6) is 0. The molecule has 0 bridgehead atoms. The van der Waals surface area contributed by atoms with Gasteiger partial charge in [-0.25, -0.2) is 0 Å². The Labute approximate surface area is 81.1 Å². The Morgan fingerprint density at radius 3 is 2.14 bits per heavy atom. The summed E-state index contributed by atoms with van der Waals surface area (Å²) in [5, 5.41) is 17.8. The van der Waals surface area contributed by atoms with Gasteiger partial charge >= 0.3 is 0 Å². The maximum atomic E-state index is 10.0. The lowest BCUT2D eigenvalue weighted by Crippen LogP contribution is -1.84. The number of rotatable bonds is 3. The van der Waals surface area contributed by atoms with Crippen LogP contribution in [0.3, 0.4) is 0 Å². The molecule has 0 saturated heterocycles. The molecule has 0 aliphatic heterocycles. The van der Waals surface area contributed by atoms with E-state index in [1.54, 1.807) is 18.2 Å². The molecule has 5 nitrogen and oxygen atoms in total. The van der Waals surface area contributed by atoms with Crippen molar-refractivity contribution in [1.82, 2.24) is 0 Å². The second kappa shape index (κ2) is 7.88. The summed E-state index contributed by atoms with van der Waals surface area (Å²) in [7, 11) is 0. The lowest BCUT2D eigenvalue weighted by Gasteiger charge is -1.85. The fourth-order valence-corrected chi connectivity index (χ4v) is 0.602. The van der Waals surface area contributed by atoms with E-state index >= 15 is 0 Å². The van der Waals surface area contributed by atoms with Gasteiger partial charge in [-0.05, 0) is 0 Å². The topological polar surface area (TPSA) is 80.4 Å². The van der Waals surface area contributed by atoms with E-state index in [4.69, 9.17) is 5.11 Å². The van der Waals surface area contributed by atoms with E-state index in [2.05, 4.69) is 0 Å². The highest BCUT2D eigenvalue weighted by Crippen LogP contribution is 2.06. The third-order valence-corrected chi connectivity index (χ3v) is 1.21. The number of nitro groups is 1. The molecule has 76 valence electrons. The van der Waals surface area contributed by atoms with E-state index in [1.165, 1.54) is 12.1 Å². The van der Waals surface area contributed by atoms with Crippen molar-refractivity contribution in [3.8, 4) is 0 Å². The van der Waals surface area contributed by atoms with Crippen molar-refractivity contribution in [3.05, 3.63) is 40.4 Å². The maximum absolute atomic E-state index is 10.0. The van der Waals surface area contributed by atoms with Gasteiger partial charge < -0.3 is 9.90 Å². The van der Waals surface area contributed by atoms with Crippen molar-refractivity contribution >= 4 is 12.0 Å². The summed E-state index contributed by atoms with van der Waals surface area (Å²) in [6.45, 7) is -0.0243. The van der Waals surface area contributed by atoms with Crippen LogP contribution in [0.5, 0.6) is 0 Å². The molecule has 0 spiro atoms. The molecule has 0 radical (unpaired) electrons. The number of aliphatic hydroxyl groups excluding tert-OH is 1. The molecule has 0 saturated carbocycles. The predicted molar refractivity (Wildman–Crippen MR) is 50.9 cm³/mol. The molecule has 14 heavy (non-hydrogen) atoms. The quantitative estimate of drug-likeness (QED) is 0.448. The predicted octanol–water partition coefficient (Wildman–Crippen LogP) is 1.16. The van der Waals surface area contributed by atoms with Gasteiger partial charge in [0.25, 0.3) is 5.69 Å². The van der Waals surface area contributed by atoms with Gasteiger partial charge in [0.05, 0.1) is 4.92 Å². The van der Waals surface area contributed by atoms with Gasteiger partial charge in [0.15, 0.2) is 0 Å². The van der Waals surface area contributed by atoms with Crippen LogP contribution in [-0.2, 0) is 4.79 Å². The molecule has 0 fully saturated rings. The van der Waals surface area contributed by atoms with Crippen molar-refractivity contribution < 1.29 is 14.8 Å². The van der Waals surface area contributed by atoms with E-state index in [1.807, 2.05) is 0 Å². The number of aliphatic hydroxyl groups is 1. The van der Waals surface area contributed by atoms with Crippen LogP contribution in [0.1, 0.15) is 6.42 Å². The molecule has 1 N–H and O–H groups in total. The molecular weight excluding hydrogens is 186 g/mol. The molecule has 0 aliphatic carbocycles. The van der Waals surface area contributed by atoms with E-state index < -0.39 is 4.92 Å². The van der Waals surface area contributed by atoms with E-state index in [0.29, 0.717) is 6.29 Å². The molecular formula is C9H11NO4. The zero-order chi connectivity index (χ0) is 10.8. The minimum absolute atomic E-state index is 0.0243. The Hall–Kier alpha value is -1.75. The zero-order valence-corrected chi connectivity index (χ0v) is 7.50. The molecule has 1 rings (SSSR count). The van der Waals surface area contributed by atoms with Gasteiger partial charge in [-0.15, -0.1) is 0 Å². The number of nitrogens with zero attached hydrogens (tertiary/aromatic N) is 1. The summed E-state index contributed by atoms with van der Waals surface area (Å²) in [5.41, 5.74) is 0.137. The summed E-state index contributed by atoms with van der Waals surface area (Å²) in [6.07, 6.45) is 0.944. The first-order valence-electron chi connectivity index (χ1n) is 3.96. The number of hydrogen-bond acceptors (Lipinski definition) is 4. The zero-order valence-electron chi connectivity index (χ0n) is 7.50. The number of hydrogen-bond donors (Lipinski definition) is 1. The maximum Gasteiger partial charge on any atom is 0.269 e. The number of carbonyl (C=O) groups is 1. The fraction of sp³-hybridized carbons (Fsp3) is 0.222. The first-order chi connectivity index (χ1) is 6.72. The van der Waals surface area contributed by atoms with Crippen LogP contribution < -0.4 is 0 Å². The van der Waals surface area contributed by atoms with Gasteiger partial charge in [0.1, 0.15) is 6.29 Å². The van der Waals surface area contributed by atoms with Crippen LogP contribution in [0.15, 0.2) is 30.3 Å². The Kier molecular flexibility index (Phi) is 6.89. The first kappa shape index (κ1) is 12.2. The van der Waals surface area contributed by atoms with E-state index in [0.717, 1.165) is 0 Å². The monoisotopic (exact) mass is 197 g/mol. The van der Waals surface area contributed by atoms with Gasteiger partial charge in [0, 0.05) is 25.2 Å². The molecule has 0 aromatic heterocycles. The number of para-hydroxylation sites is 1. The molecule has 5 heteroatoms. The second-order valence-corrected chi connectivity index (χ2v) is 2.27. The lowest BCUT2D eigenvalue weighted by molar-refractivity contribution is -0.384. The Bertz CT molecular complexity index is 273. The molecule has 0 aliphatic rings. The van der Waals surface area contributed by atoms with Gasteiger partial charge in [-0.1, -0.05) is 18.2 Å². The second-order valence-electron chi connectivity index (χ2n) is 2.27. The van der Waals surface area contributed by atoms with Crippen LogP contribution >= 0.6 is 0 Å². The number of non-ortho nitro benzene ring substituents is 1. The van der Waals surface area contributed by atoms with Crippen LogP contribution in [0, 0.1) is 10.1 Å². The largest absolute Gasteiger partial charge is 0.396 e. The molecule has 0 unspecified atom stereocenters. The van der Waals surface area contributed by atoms with Crippen LogP contribution in [-0.4, -0.2) is 22.9 Å². The third kappa shape index (κ3) is 5.84. The SMILES string of the molecule is O=CCCO.O=[N+]([O-])c1ccccc1. The lowest BCUT2D eigenvalue weighted by atomic mass is 10.3. The Morgan fingerprint density at radius 1 is 1.36 bits per heavy atom. The molecule has 1 aromatic rings. The van der Waals surface area contributed by atoms with Crippen LogP contribution in [0.2, 0.25) is 0 Å². The Balaban J connectivity index is 0.000000292. The van der Waals surface area contributed by atoms with Gasteiger partial charge in [-0.3, -0.25) is 10.1 Å². The highest BCUT2D eigenvalue weighted by Gasteiger charge is 1.98. The number of benzene rings is 1. The van der Waals surface area contributed by atoms with Crippen LogP contribution in [0.4, 0.5) is 5.69 Å². The van der Waals surface area contributed by atoms with Crippen molar-refractivity contribution in [2.75, 3.05) is 6.61 Å². The summed E-state index contributed by atoms with van der Waals surface area (Å²) < 4.78 is 0. The smallest absolute Gasteiger partial charge is 0.269 e. The minimum atomic E-state index is -0.417. The standard InChI is InChI=1S/C6H5NO2.C3H6O2/c8-7(9)6-4-2-1-3-5-6;4-2-1-3-5/h1-5H;2,5H,1,3H2. The fourth-order valence-electron chi connectivity index (χ4n) is 0.602. The molecule has 0 heterocycles. The summed E-state index contributed by atoms with van der Waals surface area (Å²) >= 11 is 0. The van der Waals surface area contributed by atoms with E-state index in [-0.39, 0.29) is 18.7 Å². The minimum Gasteiger partial charge on any atom is -0.396 e. The van der Waals surface area contributed by atoms with Gasteiger partial charge in [0.2, 0.25) is 0 Å². The number of nitro benzene ring substituents is 1. The first-order valence-corrected chi connectivity index (χ1v) is 3.96.